The van der Waals surface area contributed by atoms with Crippen molar-refractivity contribution in [3.63, 3.8) is 0 Å². The average molecular weight is 295 g/mol. The molecule has 3 heteroatoms. The summed E-state index contributed by atoms with van der Waals surface area (Å²) in [5, 5.41) is 3.44. The standard InChI is InChI=1S/C18H27F2N/c1-3-6-14-7-4-8-15(12-11-14)21-13(2)18-16(19)9-5-10-17(18)20/h5,9-10,13-15,21H,3-4,6-8,11-12H2,1-2H3. The molecule has 3 atom stereocenters. The lowest BCUT2D eigenvalue weighted by atomic mass is 9.95. The van der Waals surface area contributed by atoms with Gasteiger partial charge in [-0.15, -0.1) is 0 Å². The van der Waals surface area contributed by atoms with Crippen LogP contribution in [0.4, 0.5) is 8.78 Å². The molecular formula is C18H27F2N. The van der Waals surface area contributed by atoms with E-state index in [1.54, 1.807) is 0 Å². The SMILES string of the molecule is CCCC1CCCC(NC(C)c2c(F)cccc2F)CC1. The third-order valence-electron chi connectivity index (χ3n) is 4.70. The van der Waals surface area contributed by atoms with Crippen molar-refractivity contribution in [2.24, 2.45) is 5.92 Å². The van der Waals surface area contributed by atoms with Crippen LogP contribution in [0, 0.1) is 17.6 Å². The van der Waals surface area contributed by atoms with E-state index in [0.29, 0.717) is 6.04 Å². The second-order valence-electron chi connectivity index (χ2n) is 6.38. The van der Waals surface area contributed by atoms with Crippen molar-refractivity contribution in [2.75, 3.05) is 0 Å². The maximum atomic E-state index is 13.8. The smallest absolute Gasteiger partial charge is 0.130 e. The third kappa shape index (κ3) is 4.50. The molecule has 1 aliphatic carbocycles. The Kier molecular flexibility index (Phi) is 6.16. The van der Waals surface area contributed by atoms with Crippen LogP contribution in [0.1, 0.15) is 70.4 Å². The van der Waals surface area contributed by atoms with Crippen LogP contribution in [0.2, 0.25) is 0 Å². The molecular weight excluding hydrogens is 268 g/mol. The molecule has 1 nitrogen and oxygen atoms in total. The molecule has 118 valence electrons. The minimum atomic E-state index is -0.451. The Bertz CT molecular complexity index is 427. The van der Waals surface area contributed by atoms with Crippen molar-refractivity contribution in [3.8, 4) is 0 Å². The van der Waals surface area contributed by atoms with Crippen molar-refractivity contribution < 1.29 is 8.78 Å². The maximum Gasteiger partial charge on any atom is 0.130 e. The highest BCUT2D eigenvalue weighted by Gasteiger charge is 2.22. The third-order valence-corrected chi connectivity index (χ3v) is 4.70. The second-order valence-corrected chi connectivity index (χ2v) is 6.38. The fraction of sp³-hybridized carbons (Fsp3) is 0.667. The summed E-state index contributed by atoms with van der Waals surface area (Å²) in [7, 11) is 0. The summed E-state index contributed by atoms with van der Waals surface area (Å²) in [4.78, 5) is 0. The zero-order valence-electron chi connectivity index (χ0n) is 13.2. The van der Waals surface area contributed by atoms with E-state index in [9.17, 15) is 8.78 Å². The average Bonchev–Trinajstić information content (AvgIpc) is 2.65. The van der Waals surface area contributed by atoms with Gasteiger partial charge >= 0.3 is 0 Å². The highest BCUT2D eigenvalue weighted by Crippen LogP contribution is 2.28. The Balaban J connectivity index is 1.95. The van der Waals surface area contributed by atoms with Crippen LogP contribution >= 0.6 is 0 Å². The number of rotatable bonds is 5. The zero-order valence-corrected chi connectivity index (χ0v) is 13.2. The molecule has 0 aromatic heterocycles. The topological polar surface area (TPSA) is 12.0 Å². The summed E-state index contributed by atoms with van der Waals surface area (Å²) in [6, 6.07) is 4.18. The first-order valence-electron chi connectivity index (χ1n) is 8.31. The molecule has 1 aromatic carbocycles. The van der Waals surface area contributed by atoms with Gasteiger partial charge in [-0.2, -0.15) is 0 Å². The van der Waals surface area contributed by atoms with Gasteiger partial charge in [-0.1, -0.05) is 38.7 Å². The predicted octanol–water partition coefficient (Wildman–Crippen LogP) is 5.36. The van der Waals surface area contributed by atoms with Gasteiger partial charge in [0.25, 0.3) is 0 Å². The number of hydrogen-bond acceptors (Lipinski definition) is 1. The maximum absolute atomic E-state index is 13.8. The van der Waals surface area contributed by atoms with E-state index in [1.165, 1.54) is 50.3 Å². The van der Waals surface area contributed by atoms with Gasteiger partial charge < -0.3 is 5.32 Å². The van der Waals surface area contributed by atoms with Crippen molar-refractivity contribution in [2.45, 2.75) is 70.9 Å². The Labute approximate surface area is 127 Å². The van der Waals surface area contributed by atoms with Gasteiger partial charge in [0.2, 0.25) is 0 Å². The molecule has 21 heavy (non-hydrogen) atoms. The first-order valence-corrected chi connectivity index (χ1v) is 8.31. The lowest BCUT2D eigenvalue weighted by molar-refractivity contribution is 0.382. The summed E-state index contributed by atoms with van der Waals surface area (Å²) < 4.78 is 27.6. The van der Waals surface area contributed by atoms with Gasteiger partial charge in [0, 0.05) is 17.6 Å². The van der Waals surface area contributed by atoms with E-state index in [1.807, 2.05) is 6.92 Å². The van der Waals surface area contributed by atoms with Crippen LogP contribution < -0.4 is 5.32 Å². The van der Waals surface area contributed by atoms with Crippen LogP contribution in [-0.4, -0.2) is 6.04 Å². The highest BCUT2D eigenvalue weighted by atomic mass is 19.1. The molecule has 0 saturated heterocycles. The first kappa shape index (κ1) is 16.4. The molecule has 3 unspecified atom stereocenters. The van der Waals surface area contributed by atoms with Crippen LogP contribution in [-0.2, 0) is 0 Å². The Morgan fingerprint density at radius 1 is 1.14 bits per heavy atom. The molecule has 2 rings (SSSR count). The van der Waals surface area contributed by atoms with Gasteiger partial charge in [-0.25, -0.2) is 8.78 Å². The molecule has 0 amide bonds. The molecule has 1 aliphatic rings. The summed E-state index contributed by atoms with van der Waals surface area (Å²) in [5.41, 5.74) is 0.173. The number of benzene rings is 1. The van der Waals surface area contributed by atoms with E-state index < -0.39 is 11.6 Å². The highest BCUT2D eigenvalue weighted by molar-refractivity contribution is 5.22. The minimum Gasteiger partial charge on any atom is -0.307 e. The fourth-order valence-corrected chi connectivity index (χ4v) is 3.60. The molecule has 0 radical (unpaired) electrons. The normalized spacial score (nSPS) is 24.6. The van der Waals surface area contributed by atoms with Crippen molar-refractivity contribution in [1.29, 1.82) is 0 Å². The van der Waals surface area contributed by atoms with Gasteiger partial charge in [-0.3, -0.25) is 0 Å². The summed E-state index contributed by atoms with van der Waals surface area (Å²) >= 11 is 0. The monoisotopic (exact) mass is 295 g/mol. The molecule has 0 heterocycles. The van der Waals surface area contributed by atoms with E-state index in [2.05, 4.69) is 12.2 Å². The largest absolute Gasteiger partial charge is 0.307 e. The van der Waals surface area contributed by atoms with E-state index in [-0.39, 0.29) is 11.6 Å². The summed E-state index contributed by atoms with van der Waals surface area (Å²) in [6.07, 6.45) is 8.54. The van der Waals surface area contributed by atoms with Crippen LogP contribution in [0.5, 0.6) is 0 Å². The van der Waals surface area contributed by atoms with E-state index in [0.717, 1.165) is 18.8 Å². The molecule has 0 aliphatic heterocycles. The molecule has 1 saturated carbocycles. The fourth-order valence-electron chi connectivity index (χ4n) is 3.60. The van der Waals surface area contributed by atoms with Gasteiger partial charge in [-0.05, 0) is 44.2 Å². The Morgan fingerprint density at radius 2 is 1.86 bits per heavy atom. The van der Waals surface area contributed by atoms with E-state index in [4.69, 9.17) is 0 Å². The van der Waals surface area contributed by atoms with Crippen LogP contribution in [0.3, 0.4) is 0 Å². The summed E-state index contributed by atoms with van der Waals surface area (Å²) in [5.74, 6) is -0.0673. The van der Waals surface area contributed by atoms with Crippen LogP contribution in [0.25, 0.3) is 0 Å². The van der Waals surface area contributed by atoms with Gasteiger partial charge in [0.1, 0.15) is 11.6 Å². The first-order chi connectivity index (χ1) is 10.1. The number of halogens is 2. The van der Waals surface area contributed by atoms with Crippen LogP contribution in [0.15, 0.2) is 18.2 Å². The predicted molar refractivity (Wildman–Crippen MR) is 83.2 cm³/mol. The Hall–Kier alpha value is -0.960. The molecule has 0 bridgehead atoms. The summed E-state index contributed by atoms with van der Waals surface area (Å²) in [6.45, 7) is 4.10. The molecule has 1 fully saturated rings. The second kappa shape index (κ2) is 7.88. The Morgan fingerprint density at radius 3 is 2.52 bits per heavy atom. The van der Waals surface area contributed by atoms with Gasteiger partial charge in [0.05, 0.1) is 0 Å². The number of hydrogen-bond donors (Lipinski definition) is 1. The van der Waals surface area contributed by atoms with Crippen molar-refractivity contribution in [3.05, 3.63) is 35.4 Å². The minimum absolute atomic E-state index is 0.173. The van der Waals surface area contributed by atoms with Crippen molar-refractivity contribution >= 4 is 0 Å². The zero-order chi connectivity index (χ0) is 15.2. The molecule has 1 aromatic rings. The lowest BCUT2D eigenvalue weighted by Crippen LogP contribution is -2.32. The molecule has 0 spiro atoms. The quantitative estimate of drug-likeness (QED) is 0.721. The van der Waals surface area contributed by atoms with Crippen molar-refractivity contribution in [1.82, 2.24) is 5.32 Å². The van der Waals surface area contributed by atoms with Gasteiger partial charge in [0.15, 0.2) is 0 Å². The number of nitrogens with one attached hydrogen (secondary N) is 1. The molecule has 1 N–H and O–H groups in total. The van der Waals surface area contributed by atoms with E-state index >= 15 is 0 Å². The lowest BCUT2D eigenvalue weighted by Gasteiger charge is -2.23.